The largest absolute Gasteiger partial charge is 0.508 e. The molecule has 0 saturated heterocycles. The van der Waals surface area contributed by atoms with Gasteiger partial charge < -0.3 is 21.1 Å². The van der Waals surface area contributed by atoms with Crippen molar-refractivity contribution in [3.63, 3.8) is 0 Å². The van der Waals surface area contributed by atoms with Crippen LogP contribution in [-0.2, 0) is 22.6 Å². The number of carbonyl (C=O) groups is 2. The highest BCUT2D eigenvalue weighted by Crippen LogP contribution is 2.33. The molecule has 1 atom stereocenters. The molecule has 10 nitrogen and oxygen atoms in total. The number of phenols is 1. The highest BCUT2D eigenvalue weighted by atomic mass is 16.3. The van der Waals surface area contributed by atoms with Crippen LogP contribution in [0.2, 0.25) is 0 Å². The van der Waals surface area contributed by atoms with Gasteiger partial charge in [-0.05, 0) is 72.4 Å². The van der Waals surface area contributed by atoms with E-state index in [1.165, 1.54) is 0 Å². The van der Waals surface area contributed by atoms with Gasteiger partial charge in [0.2, 0.25) is 17.6 Å². The number of rotatable bonds is 7. The molecule has 0 spiro atoms. The van der Waals surface area contributed by atoms with Crippen LogP contribution in [0.5, 0.6) is 5.75 Å². The van der Waals surface area contributed by atoms with E-state index in [4.69, 9.17) is 5.73 Å². The Kier molecular flexibility index (Phi) is 7.12. The van der Waals surface area contributed by atoms with Gasteiger partial charge in [0.05, 0.1) is 6.54 Å². The van der Waals surface area contributed by atoms with Gasteiger partial charge in [-0.15, -0.1) is 10.2 Å². The first-order valence-corrected chi connectivity index (χ1v) is 12.8. The highest BCUT2D eigenvalue weighted by Gasteiger charge is 2.32. The number of aryl methyl sites for hydroxylation is 1. The molecule has 4 aromatic rings. The van der Waals surface area contributed by atoms with Crippen LogP contribution in [-0.4, -0.2) is 49.1 Å². The number of benzene rings is 3. The van der Waals surface area contributed by atoms with E-state index in [-0.39, 0.29) is 24.0 Å². The number of nitrogens with two attached hydrogens (primary N) is 1. The topological polar surface area (TPSA) is 150 Å². The second-order valence-corrected chi connectivity index (χ2v) is 10.5. The molecular weight excluding hydrogens is 494 g/mol. The zero-order chi connectivity index (χ0) is 27.6. The first-order valence-electron chi connectivity index (χ1n) is 12.8. The molecule has 1 aromatic heterocycles. The number of aromatic hydroxyl groups is 1. The minimum atomic E-state index is -0.699. The Bertz CT molecular complexity index is 1480. The Morgan fingerprint density at radius 2 is 1.87 bits per heavy atom. The number of aromatic amines is 1. The number of carbonyl (C=O) groups excluding carboxylic acids is 2. The zero-order valence-corrected chi connectivity index (χ0v) is 21.9. The lowest BCUT2D eigenvalue weighted by molar-refractivity contribution is -0.128. The number of amides is 2. The lowest BCUT2D eigenvalue weighted by atomic mass is 9.98. The smallest absolute Gasteiger partial charge is 0.249 e. The van der Waals surface area contributed by atoms with Crippen LogP contribution in [0.4, 0.5) is 5.69 Å². The number of phenolic OH excluding ortho intramolecular Hbond substituents is 1. The molecule has 0 aliphatic carbocycles. The summed E-state index contributed by atoms with van der Waals surface area (Å²) in [4.78, 5) is 28.1. The van der Waals surface area contributed by atoms with Crippen molar-refractivity contribution in [3.05, 3.63) is 77.9 Å². The molecule has 39 heavy (non-hydrogen) atoms. The summed E-state index contributed by atoms with van der Waals surface area (Å²) < 4.78 is 0. The molecule has 5 N–H and O–H groups in total. The molecule has 5 rings (SSSR count). The summed E-state index contributed by atoms with van der Waals surface area (Å²) in [6, 6.07) is 20.1. The van der Waals surface area contributed by atoms with Gasteiger partial charge in [0.25, 0.3) is 0 Å². The number of hydrogen-bond acceptors (Lipinski definition) is 7. The van der Waals surface area contributed by atoms with Gasteiger partial charge in [-0.1, -0.05) is 48.5 Å². The molecule has 10 heteroatoms. The van der Waals surface area contributed by atoms with Crippen LogP contribution < -0.4 is 16.0 Å². The molecule has 3 aromatic carbocycles. The van der Waals surface area contributed by atoms with Crippen molar-refractivity contribution in [1.82, 2.24) is 25.9 Å². The van der Waals surface area contributed by atoms with Crippen molar-refractivity contribution >= 4 is 17.5 Å². The van der Waals surface area contributed by atoms with Gasteiger partial charge in [-0.25, -0.2) is 0 Å². The second-order valence-electron chi connectivity index (χ2n) is 10.5. The van der Waals surface area contributed by atoms with Crippen LogP contribution in [0.3, 0.4) is 0 Å². The van der Waals surface area contributed by atoms with Gasteiger partial charge in [0.15, 0.2) is 0 Å². The summed E-state index contributed by atoms with van der Waals surface area (Å²) in [7, 11) is 0. The maximum atomic E-state index is 13.8. The first-order chi connectivity index (χ1) is 18.7. The Labute approximate surface area is 226 Å². The lowest BCUT2D eigenvalue weighted by Crippen LogP contribution is -2.49. The Morgan fingerprint density at radius 1 is 1.13 bits per heavy atom. The maximum absolute atomic E-state index is 13.8. The van der Waals surface area contributed by atoms with E-state index < -0.39 is 11.6 Å². The van der Waals surface area contributed by atoms with Crippen molar-refractivity contribution in [2.24, 2.45) is 5.73 Å². The summed E-state index contributed by atoms with van der Waals surface area (Å²) in [5.41, 5.74) is 10.6. The van der Waals surface area contributed by atoms with Crippen LogP contribution in [0, 0.1) is 0 Å². The number of nitrogens with one attached hydrogen (secondary N) is 2. The summed E-state index contributed by atoms with van der Waals surface area (Å²) in [5.74, 6) is 0.183. The summed E-state index contributed by atoms with van der Waals surface area (Å²) in [6.45, 7) is 3.85. The van der Waals surface area contributed by atoms with E-state index in [9.17, 15) is 14.7 Å². The minimum absolute atomic E-state index is 0.108. The molecule has 2 amide bonds. The summed E-state index contributed by atoms with van der Waals surface area (Å²) >= 11 is 0. The van der Waals surface area contributed by atoms with Crippen molar-refractivity contribution in [2.45, 2.75) is 51.2 Å². The third-order valence-electron chi connectivity index (χ3n) is 6.69. The van der Waals surface area contributed by atoms with E-state index in [0.29, 0.717) is 25.2 Å². The van der Waals surface area contributed by atoms with Crippen LogP contribution in [0.25, 0.3) is 22.5 Å². The fourth-order valence-electron chi connectivity index (χ4n) is 4.90. The van der Waals surface area contributed by atoms with Crippen molar-refractivity contribution < 1.29 is 14.7 Å². The second kappa shape index (κ2) is 10.7. The van der Waals surface area contributed by atoms with E-state index in [0.717, 1.165) is 33.5 Å². The molecule has 1 aliphatic heterocycles. The molecule has 200 valence electrons. The fraction of sp³-hybridized carbons (Fsp3) is 0.276. The van der Waals surface area contributed by atoms with Gasteiger partial charge >= 0.3 is 0 Å². The molecule has 1 unspecified atom stereocenters. The predicted octanol–water partition coefficient (Wildman–Crippen LogP) is 3.33. The number of anilines is 1. The van der Waals surface area contributed by atoms with Gasteiger partial charge in [-0.2, -0.15) is 5.21 Å². The number of nitrogens with zero attached hydrogens (tertiary/aromatic N) is 4. The van der Waals surface area contributed by atoms with E-state index >= 15 is 0 Å². The van der Waals surface area contributed by atoms with E-state index in [2.05, 4.69) is 25.9 Å². The van der Waals surface area contributed by atoms with Crippen LogP contribution in [0.1, 0.15) is 37.8 Å². The zero-order valence-electron chi connectivity index (χ0n) is 21.9. The third-order valence-corrected chi connectivity index (χ3v) is 6.69. The standard InChI is InChI=1S/C29H31N7O3/c1-29(2,30)16-26(38)31-24-13-11-20-15-21(37)12-14-25(20)36(28(24)39)17-18-7-9-19(10-8-18)22-5-3-4-6-23(22)27-32-34-35-33-27/h3-10,12,14-15,24,37H,11,13,16-17,30H2,1-2H3,(H,31,38)(H,32,33,34,35). The van der Waals surface area contributed by atoms with Crippen LogP contribution >= 0.6 is 0 Å². The predicted molar refractivity (Wildman–Crippen MR) is 147 cm³/mol. The SMILES string of the molecule is CC(C)(N)CC(=O)NC1CCc2cc(O)ccc2N(Cc2ccc(-c3ccccc3-c3nn[nH]n3)cc2)C1=O. The summed E-state index contributed by atoms with van der Waals surface area (Å²) in [6.07, 6.45) is 1.07. The lowest BCUT2D eigenvalue weighted by Gasteiger charge is -2.27. The number of aromatic nitrogens is 4. The number of tetrazole rings is 1. The molecule has 0 bridgehead atoms. The first kappa shape index (κ1) is 26.1. The molecule has 0 radical (unpaired) electrons. The number of fused-ring (bicyclic) bond motifs is 1. The Hall–Kier alpha value is -4.57. The van der Waals surface area contributed by atoms with Crippen LogP contribution in [0.15, 0.2) is 66.7 Å². The minimum Gasteiger partial charge on any atom is -0.508 e. The van der Waals surface area contributed by atoms with E-state index in [1.807, 2.05) is 48.5 Å². The van der Waals surface area contributed by atoms with Crippen molar-refractivity contribution in [1.29, 1.82) is 0 Å². The number of H-pyrrole nitrogens is 1. The maximum Gasteiger partial charge on any atom is 0.249 e. The average molecular weight is 526 g/mol. The molecule has 0 fully saturated rings. The quantitative estimate of drug-likeness (QED) is 0.289. The average Bonchev–Trinajstić information content (AvgIpc) is 3.40. The highest BCUT2D eigenvalue weighted by molar-refractivity contribution is 6.00. The molecule has 1 aliphatic rings. The molecule has 2 heterocycles. The summed E-state index contributed by atoms with van der Waals surface area (Å²) in [5, 5.41) is 27.4. The van der Waals surface area contributed by atoms with Crippen molar-refractivity contribution in [2.75, 3.05) is 4.90 Å². The normalized spacial score (nSPS) is 15.5. The van der Waals surface area contributed by atoms with E-state index in [1.54, 1.807) is 36.9 Å². The third kappa shape index (κ3) is 5.96. The monoisotopic (exact) mass is 525 g/mol. The van der Waals surface area contributed by atoms with Gasteiger partial charge in [-0.3, -0.25) is 9.59 Å². The Morgan fingerprint density at radius 3 is 2.56 bits per heavy atom. The van der Waals surface area contributed by atoms with Crippen molar-refractivity contribution in [3.8, 4) is 28.3 Å². The van der Waals surface area contributed by atoms with Gasteiger partial charge in [0, 0.05) is 23.2 Å². The molecule has 0 saturated carbocycles. The Balaban J connectivity index is 1.42. The molecular formula is C29H31N7O3. The van der Waals surface area contributed by atoms with Gasteiger partial charge in [0.1, 0.15) is 11.8 Å². The number of hydrogen-bond donors (Lipinski definition) is 4. The fourth-order valence-corrected chi connectivity index (χ4v) is 4.90.